The average molecular weight is 408 g/mol. The van der Waals surface area contributed by atoms with Crippen LogP contribution in [0.5, 0.6) is 0 Å². The van der Waals surface area contributed by atoms with E-state index in [9.17, 15) is 19.8 Å². The molecule has 4 nitrogen and oxygen atoms in total. The Morgan fingerprint density at radius 3 is 1.32 bits per heavy atom. The fraction of sp³-hybridized carbons (Fsp3) is 0.905. The number of carbonyl (C=O) groups is 2. The molecule has 0 aromatic carbocycles. The van der Waals surface area contributed by atoms with Gasteiger partial charge in [0.25, 0.3) is 0 Å². The summed E-state index contributed by atoms with van der Waals surface area (Å²) in [5.74, 6) is -3.25. The van der Waals surface area contributed by atoms with Gasteiger partial charge >= 0.3 is 185 Å². The predicted molar refractivity (Wildman–Crippen MR) is 105 cm³/mol. The van der Waals surface area contributed by atoms with Crippen LogP contribution in [0.3, 0.4) is 0 Å². The molecule has 150 valence electrons. The third kappa shape index (κ3) is 35.0. The van der Waals surface area contributed by atoms with E-state index in [0.717, 1.165) is 0 Å². The molecule has 0 N–H and O–H groups in total. The normalized spacial score (nSPS) is 11.9. The van der Waals surface area contributed by atoms with Crippen molar-refractivity contribution in [2.75, 3.05) is 0 Å². The van der Waals surface area contributed by atoms with Crippen LogP contribution >= 0.6 is 0 Å². The van der Waals surface area contributed by atoms with Crippen molar-refractivity contribution in [3.05, 3.63) is 0 Å². The molecule has 1 unspecified atom stereocenters. The van der Waals surface area contributed by atoms with Crippen molar-refractivity contribution in [1.29, 1.82) is 0 Å². The molecule has 0 saturated carbocycles. The van der Waals surface area contributed by atoms with Crippen LogP contribution in [0.1, 0.15) is 117 Å². The molecule has 1 atom stereocenters. The Labute approximate surface area is 227 Å². The van der Waals surface area contributed by atoms with E-state index < -0.39 is 18.4 Å². The molecule has 0 saturated heterocycles. The zero-order valence-corrected chi connectivity index (χ0v) is 23.7. The Hall–Kier alpha value is 1.54. The molecule has 0 heterocycles. The van der Waals surface area contributed by atoms with Crippen LogP contribution < -0.4 is 69.3 Å². The average Bonchev–Trinajstić information content (AvgIpc) is 2.54. The number of aliphatic carboxylic acids is 2. The van der Waals surface area contributed by atoms with E-state index in [1.165, 1.54) is 89.9 Å². The van der Waals surface area contributed by atoms with Gasteiger partial charge in [0.2, 0.25) is 0 Å². The Bertz CT molecular complexity index is 341. The summed E-state index contributed by atoms with van der Waals surface area (Å²) >= 11 is 2.45. The molecule has 0 fully saturated rings. The number of carboxylic acid groups (broad SMARTS) is 2. The summed E-state index contributed by atoms with van der Waals surface area (Å²) < 4.78 is 0.593. The molecule has 0 aromatic rings. The van der Waals surface area contributed by atoms with Crippen molar-refractivity contribution in [2.45, 2.75) is 121 Å². The van der Waals surface area contributed by atoms with Gasteiger partial charge < -0.3 is 19.8 Å². The zero-order valence-electron chi connectivity index (χ0n) is 19.7. The number of unbranched alkanes of at least 4 members (excludes halogenated alkanes) is 10. The second kappa shape index (κ2) is 26.6. The van der Waals surface area contributed by atoms with Gasteiger partial charge in [0.05, 0.1) is 0 Å². The van der Waals surface area contributed by atoms with Crippen LogP contribution in [-0.4, -0.2) is 29.7 Å². The maximum absolute atomic E-state index is 9.28. The van der Waals surface area contributed by atoms with Crippen LogP contribution in [0.15, 0.2) is 0 Å². The summed E-state index contributed by atoms with van der Waals surface area (Å²) in [4.78, 5) is 18.6. The van der Waals surface area contributed by atoms with E-state index in [-0.39, 0.29) is 59.1 Å². The molecule has 0 bridgehead atoms. The minimum Gasteiger partial charge on any atom is -0.0654 e. The van der Waals surface area contributed by atoms with E-state index >= 15 is 0 Å². The standard InChI is InChI=1S/C18H37.C3H4O4.Li.2Na/c1-4-6-8-9-10-11-12-13-14-15-17-18(3)16-7-5-2;4-2(5)1-3(6)7;;;/h4-17H2,1-3H3;1H2,(H,4,5)(H,6,7);;;/q;;;2*+1/p-2. The molecule has 0 aliphatic rings. The quantitative estimate of drug-likeness (QED) is 0.164. The van der Waals surface area contributed by atoms with Gasteiger partial charge in [-0.3, -0.25) is 0 Å². The Morgan fingerprint density at radius 2 is 1.00 bits per heavy atom. The fourth-order valence-electron chi connectivity index (χ4n) is 2.99. The monoisotopic (exact) mass is 408 g/mol. The van der Waals surface area contributed by atoms with Crippen LogP contribution in [0.25, 0.3) is 0 Å². The summed E-state index contributed by atoms with van der Waals surface area (Å²) in [5.41, 5.74) is 0. The van der Waals surface area contributed by atoms with E-state index in [1.807, 2.05) is 0 Å². The topological polar surface area (TPSA) is 80.3 Å². The second-order valence-corrected chi connectivity index (χ2v) is 8.12. The third-order valence-electron chi connectivity index (χ3n) is 4.70. The summed E-state index contributed by atoms with van der Waals surface area (Å²) in [5, 5.41) is 18.6. The summed E-state index contributed by atoms with van der Waals surface area (Å²) in [6.45, 7) is 7.05. The minimum absolute atomic E-state index is 0. The maximum atomic E-state index is 9.28. The zero-order chi connectivity index (χ0) is 20.3. The van der Waals surface area contributed by atoms with E-state index in [4.69, 9.17) is 0 Å². The van der Waals surface area contributed by atoms with Gasteiger partial charge in [-0.15, -0.1) is 0 Å². The predicted octanol–water partition coefficient (Wildman–Crippen LogP) is -2.28. The molecular formula is C21H39LiNa2O4. The van der Waals surface area contributed by atoms with Crippen molar-refractivity contribution in [3.63, 3.8) is 0 Å². The van der Waals surface area contributed by atoms with E-state index in [0.29, 0.717) is 4.09 Å². The number of hydrogen-bond acceptors (Lipinski definition) is 4. The SMILES string of the molecule is O=C([O-])CC(=O)[O-].[Li][C](C)(CCCC)CCCCCCCCCCCC.[Na+].[Na+]. The van der Waals surface area contributed by atoms with Gasteiger partial charge in [-0.2, -0.15) is 0 Å². The van der Waals surface area contributed by atoms with Gasteiger partial charge in [-0.1, -0.05) is 6.92 Å². The first-order chi connectivity index (χ1) is 12.2. The Morgan fingerprint density at radius 1 is 0.679 bits per heavy atom. The van der Waals surface area contributed by atoms with Crippen LogP contribution in [0.2, 0.25) is 4.09 Å². The molecule has 28 heavy (non-hydrogen) atoms. The Kier molecular flexibility index (Phi) is 35.0. The molecule has 0 aliphatic carbocycles. The van der Waals surface area contributed by atoms with Crippen molar-refractivity contribution >= 4 is 29.7 Å². The third-order valence-corrected chi connectivity index (χ3v) is 4.70. The van der Waals surface area contributed by atoms with Crippen LogP contribution in [0.4, 0.5) is 0 Å². The molecular weight excluding hydrogens is 369 g/mol. The van der Waals surface area contributed by atoms with E-state index in [1.54, 1.807) is 0 Å². The summed E-state index contributed by atoms with van der Waals surface area (Å²) in [6.07, 6.45) is 19.1. The molecule has 0 radical (unpaired) electrons. The smallest absolute Gasteiger partial charge is 0.0654 e. The van der Waals surface area contributed by atoms with Crippen molar-refractivity contribution < 1.29 is 78.9 Å². The van der Waals surface area contributed by atoms with Gasteiger partial charge in [0.15, 0.2) is 0 Å². The second-order valence-electron chi connectivity index (χ2n) is 8.12. The summed E-state index contributed by atoms with van der Waals surface area (Å²) in [7, 11) is 0. The van der Waals surface area contributed by atoms with Crippen molar-refractivity contribution in [2.24, 2.45) is 0 Å². The number of rotatable bonds is 16. The van der Waals surface area contributed by atoms with Crippen LogP contribution in [0, 0.1) is 0 Å². The summed E-state index contributed by atoms with van der Waals surface area (Å²) in [6, 6.07) is 0. The van der Waals surface area contributed by atoms with Gasteiger partial charge in [0, 0.05) is 18.4 Å². The van der Waals surface area contributed by atoms with Gasteiger partial charge in [-0.25, -0.2) is 0 Å². The number of carbonyl (C=O) groups excluding carboxylic acids is 2. The molecule has 0 rings (SSSR count). The first kappa shape index (κ1) is 36.9. The fourth-order valence-corrected chi connectivity index (χ4v) is 2.99. The molecule has 0 amide bonds. The van der Waals surface area contributed by atoms with Gasteiger partial charge in [-0.05, 0) is 0 Å². The number of carboxylic acids is 2. The van der Waals surface area contributed by atoms with Gasteiger partial charge in [0.1, 0.15) is 0 Å². The molecule has 7 heteroatoms. The van der Waals surface area contributed by atoms with E-state index in [2.05, 4.69) is 38.5 Å². The van der Waals surface area contributed by atoms with Crippen molar-refractivity contribution in [3.8, 4) is 0 Å². The van der Waals surface area contributed by atoms with Crippen molar-refractivity contribution in [1.82, 2.24) is 0 Å². The molecule has 0 aliphatic heterocycles. The first-order valence-corrected chi connectivity index (χ1v) is 10.6. The first-order valence-electron chi connectivity index (χ1n) is 10.6. The molecule has 0 aromatic heterocycles. The number of hydrogen-bond donors (Lipinski definition) is 0. The van der Waals surface area contributed by atoms with Crippen LogP contribution in [-0.2, 0) is 9.59 Å². The molecule has 0 spiro atoms. The minimum atomic E-state index is -1.63. The Balaban J connectivity index is -0.000000274.